The van der Waals surface area contributed by atoms with Gasteiger partial charge in [-0.3, -0.25) is 0 Å². The third-order valence-electron chi connectivity index (χ3n) is 3.49. The molecule has 0 saturated heterocycles. The van der Waals surface area contributed by atoms with Gasteiger partial charge in [0.1, 0.15) is 5.82 Å². The molecule has 1 unspecified atom stereocenters. The smallest absolute Gasteiger partial charge is 0.150 e. The van der Waals surface area contributed by atoms with E-state index in [0.717, 1.165) is 35.1 Å². The first kappa shape index (κ1) is 12.1. The van der Waals surface area contributed by atoms with Gasteiger partial charge in [-0.15, -0.1) is 0 Å². The summed E-state index contributed by atoms with van der Waals surface area (Å²) in [6, 6.07) is 7.77. The molecule has 0 radical (unpaired) electrons. The summed E-state index contributed by atoms with van der Waals surface area (Å²) in [7, 11) is 0. The van der Waals surface area contributed by atoms with Crippen molar-refractivity contribution in [3.05, 3.63) is 40.1 Å². The largest absolute Gasteiger partial charge is 0.327 e. The van der Waals surface area contributed by atoms with E-state index in [-0.39, 0.29) is 0 Å². The third-order valence-corrected chi connectivity index (χ3v) is 4.03. The van der Waals surface area contributed by atoms with Crippen molar-refractivity contribution in [2.45, 2.75) is 26.3 Å². The molecule has 0 spiro atoms. The van der Waals surface area contributed by atoms with Crippen LogP contribution in [0.15, 0.2) is 24.3 Å². The summed E-state index contributed by atoms with van der Waals surface area (Å²) in [6.07, 6.45) is 2.18. The Kier molecular flexibility index (Phi) is 3.08. The normalized spacial score (nSPS) is 18.7. The third kappa shape index (κ3) is 2.04. The molecular formula is C14H14Cl2N2. The Labute approximate surface area is 117 Å². The second kappa shape index (κ2) is 4.60. The summed E-state index contributed by atoms with van der Waals surface area (Å²) >= 11 is 12.3. The van der Waals surface area contributed by atoms with Gasteiger partial charge in [-0.25, -0.2) is 4.98 Å². The minimum absolute atomic E-state index is 0.636. The maximum absolute atomic E-state index is 6.25. The number of imidazole rings is 1. The SMILES string of the molecule is CC1CCn2c(-c3cccc(Cl)c3)nc(Cl)c2C1. The highest BCUT2D eigenvalue weighted by Crippen LogP contribution is 2.32. The average Bonchev–Trinajstić information content (AvgIpc) is 2.67. The quantitative estimate of drug-likeness (QED) is 0.755. The highest BCUT2D eigenvalue weighted by molar-refractivity contribution is 6.31. The van der Waals surface area contributed by atoms with Crippen LogP contribution in [0.2, 0.25) is 10.2 Å². The van der Waals surface area contributed by atoms with Crippen LogP contribution < -0.4 is 0 Å². The van der Waals surface area contributed by atoms with Crippen LogP contribution in [0.25, 0.3) is 11.4 Å². The lowest BCUT2D eigenvalue weighted by molar-refractivity contribution is 0.419. The minimum atomic E-state index is 0.636. The predicted molar refractivity (Wildman–Crippen MR) is 75.2 cm³/mol. The highest BCUT2D eigenvalue weighted by Gasteiger charge is 2.23. The molecule has 0 fully saturated rings. The van der Waals surface area contributed by atoms with Gasteiger partial charge in [0.15, 0.2) is 5.15 Å². The van der Waals surface area contributed by atoms with Crippen molar-refractivity contribution in [3.63, 3.8) is 0 Å². The van der Waals surface area contributed by atoms with Crippen LogP contribution in [-0.2, 0) is 13.0 Å². The molecule has 0 N–H and O–H groups in total. The summed E-state index contributed by atoms with van der Waals surface area (Å²) in [4.78, 5) is 4.51. The number of nitrogens with zero attached hydrogens (tertiary/aromatic N) is 2. The Morgan fingerprint density at radius 2 is 2.17 bits per heavy atom. The molecule has 0 saturated carbocycles. The van der Waals surface area contributed by atoms with Crippen LogP contribution >= 0.6 is 23.2 Å². The van der Waals surface area contributed by atoms with Crippen molar-refractivity contribution in [3.8, 4) is 11.4 Å². The summed E-state index contributed by atoms with van der Waals surface area (Å²) in [6.45, 7) is 3.24. The van der Waals surface area contributed by atoms with Gasteiger partial charge in [-0.2, -0.15) is 0 Å². The Morgan fingerprint density at radius 1 is 1.33 bits per heavy atom. The van der Waals surface area contributed by atoms with E-state index in [1.165, 1.54) is 6.42 Å². The number of rotatable bonds is 1. The van der Waals surface area contributed by atoms with E-state index in [9.17, 15) is 0 Å². The maximum Gasteiger partial charge on any atom is 0.150 e. The van der Waals surface area contributed by atoms with Gasteiger partial charge in [-0.1, -0.05) is 42.3 Å². The number of hydrogen-bond donors (Lipinski definition) is 0. The molecule has 18 heavy (non-hydrogen) atoms. The van der Waals surface area contributed by atoms with E-state index in [1.807, 2.05) is 24.3 Å². The second-order valence-electron chi connectivity index (χ2n) is 4.93. The van der Waals surface area contributed by atoms with Crippen molar-refractivity contribution in [1.29, 1.82) is 0 Å². The van der Waals surface area contributed by atoms with Gasteiger partial charge >= 0.3 is 0 Å². The molecule has 1 aromatic heterocycles. The molecule has 4 heteroatoms. The summed E-state index contributed by atoms with van der Waals surface area (Å²) in [5.41, 5.74) is 2.19. The Balaban J connectivity index is 2.11. The van der Waals surface area contributed by atoms with Crippen molar-refractivity contribution < 1.29 is 0 Å². The fraction of sp³-hybridized carbons (Fsp3) is 0.357. The van der Waals surface area contributed by atoms with Gasteiger partial charge in [-0.05, 0) is 30.9 Å². The first-order valence-corrected chi connectivity index (χ1v) is 6.91. The first-order valence-electron chi connectivity index (χ1n) is 6.16. The zero-order chi connectivity index (χ0) is 12.7. The maximum atomic E-state index is 6.25. The molecule has 1 aliphatic rings. The van der Waals surface area contributed by atoms with E-state index in [2.05, 4.69) is 16.5 Å². The Morgan fingerprint density at radius 3 is 2.94 bits per heavy atom. The van der Waals surface area contributed by atoms with E-state index in [1.54, 1.807) is 0 Å². The molecule has 0 aliphatic carbocycles. The predicted octanol–water partition coefficient (Wildman–Crippen LogP) is 4.44. The molecule has 1 aliphatic heterocycles. The molecule has 1 atom stereocenters. The summed E-state index contributed by atoms with van der Waals surface area (Å²) in [5, 5.41) is 1.36. The van der Waals surface area contributed by atoms with Crippen LogP contribution in [0, 0.1) is 5.92 Å². The number of aromatic nitrogens is 2. The zero-order valence-electron chi connectivity index (χ0n) is 10.2. The van der Waals surface area contributed by atoms with Crippen LogP contribution in [-0.4, -0.2) is 9.55 Å². The monoisotopic (exact) mass is 280 g/mol. The summed E-state index contributed by atoms with van der Waals surface area (Å²) < 4.78 is 2.23. The lowest BCUT2D eigenvalue weighted by Gasteiger charge is -2.22. The van der Waals surface area contributed by atoms with Gasteiger partial charge in [0, 0.05) is 17.1 Å². The molecule has 1 aromatic carbocycles. The molecule has 3 rings (SSSR count). The topological polar surface area (TPSA) is 17.8 Å². The lowest BCUT2D eigenvalue weighted by Crippen LogP contribution is -2.17. The molecule has 2 nitrogen and oxygen atoms in total. The van der Waals surface area contributed by atoms with Crippen molar-refractivity contribution in [2.24, 2.45) is 5.92 Å². The lowest BCUT2D eigenvalue weighted by atomic mass is 9.98. The molecule has 2 heterocycles. The highest BCUT2D eigenvalue weighted by atomic mass is 35.5. The van der Waals surface area contributed by atoms with Crippen LogP contribution in [0.3, 0.4) is 0 Å². The second-order valence-corrected chi connectivity index (χ2v) is 5.73. The first-order chi connectivity index (χ1) is 8.65. The van der Waals surface area contributed by atoms with E-state index >= 15 is 0 Å². The van der Waals surface area contributed by atoms with Crippen molar-refractivity contribution in [1.82, 2.24) is 9.55 Å². The molecular weight excluding hydrogens is 267 g/mol. The number of fused-ring (bicyclic) bond motifs is 1. The van der Waals surface area contributed by atoms with Crippen LogP contribution in [0.5, 0.6) is 0 Å². The summed E-state index contributed by atoms with van der Waals surface area (Å²) in [5.74, 6) is 1.61. The zero-order valence-corrected chi connectivity index (χ0v) is 11.7. The van der Waals surface area contributed by atoms with E-state index in [4.69, 9.17) is 23.2 Å². The van der Waals surface area contributed by atoms with Gasteiger partial charge in [0.05, 0.1) is 5.69 Å². The molecule has 0 amide bonds. The molecule has 2 aromatic rings. The fourth-order valence-electron chi connectivity index (χ4n) is 2.52. The molecule has 0 bridgehead atoms. The van der Waals surface area contributed by atoms with E-state index < -0.39 is 0 Å². The van der Waals surface area contributed by atoms with Crippen LogP contribution in [0.4, 0.5) is 0 Å². The van der Waals surface area contributed by atoms with E-state index in [0.29, 0.717) is 11.1 Å². The van der Waals surface area contributed by atoms with Crippen molar-refractivity contribution in [2.75, 3.05) is 0 Å². The Hall–Kier alpha value is -0.990. The fourth-order valence-corrected chi connectivity index (χ4v) is 2.97. The average molecular weight is 281 g/mol. The van der Waals surface area contributed by atoms with Gasteiger partial charge < -0.3 is 4.57 Å². The molecule has 94 valence electrons. The number of halogens is 2. The van der Waals surface area contributed by atoms with Gasteiger partial charge in [0.2, 0.25) is 0 Å². The van der Waals surface area contributed by atoms with Crippen molar-refractivity contribution >= 4 is 23.2 Å². The van der Waals surface area contributed by atoms with Crippen LogP contribution in [0.1, 0.15) is 19.0 Å². The minimum Gasteiger partial charge on any atom is -0.327 e. The Bertz CT molecular complexity index is 589. The number of hydrogen-bond acceptors (Lipinski definition) is 1. The number of benzene rings is 1. The standard InChI is InChI=1S/C14H14Cl2N2/c1-9-5-6-18-12(7-9)13(16)17-14(18)10-3-2-4-11(15)8-10/h2-4,8-9H,5-7H2,1H3. The van der Waals surface area contributed by atoms with Gasteiger partial charge in [0.25, 0.3) is 0 Å².